The second kappa shape index (κ2) is 5.58. The monoisotopic (exact) mass is 297 g/mol. The smallest absolute Gasteiger partial charge is 0.124 e. The van der Waals surface area contributed by atoms with Crippen molar-refractivity contribution in [3.05, 3.63) is 58.1 Å². The predicted octanol–water partition coefficient (Wildman–Crippen LogP) is 4.47. The lowest BCUT2D eigenvalue weighted by atomic mass is 10.0. The Kier molecular flexibility index (Phi) is 3.79. The van der Waals surface area contributed by atoms with Crippen LogP contribution >= 0.6 is 11.3 Å². The number of hydrogen-bond acceptors (Lipinski definition) is 3. The van der Waals surface area contributed by atoms with Crippen LogP contribution in [0.3, 0.4) is 0 Å². The molecule has 0 aromatic carbocycles. The first kappa shape index (κ1) is 14.2. The van der Waals surface area contributed by atoms with E-state index in [0.29, 0.717) is 5.92 Å². The van der Waals surface area contributed by atoms with Crippen molar-refractivity contribution in [2.45, 2.75) is 25.9 Å². The Morgan fingerprint density at radius 1 is 1.24 bits per heavy atom. The summed E-state index contributed by atoms with van der Waals surface area (Å²) in [5.41, 5.74) is 1.23. The average Bonchev–Trinajstić information content (AvgIpc) is 2.75. The van der Waals surface area contributed by atoms with Crippen LogP contribution < -0.4 is 0 Å². The van der Waals surface area contributed by atoms with Crippen LogP contribution in [-0.4, -0.2) is 15.7 Å². The summed E-state index contributed by atoms with van der Waals surface area (Å²) in [6.07, 6.45) is 19.2. The van der Waals surface area contributed by atoms with Gasteiger partial charge in [-0.2, -0.15) is 0 Å². The fourth-order valence-electron chi connectivity index (χ4n) is 2.29. The SMILES string of the molecule is CC1C=Cc2nc(C3=C/C/C=C\C(C)(O)/C=C\3)sc2C=C1. The van der Waals surface area contributed by atoms with E-state index in [9.17, 15) is 5.11 Å². The number of aliphatic hydroxyl groups is 1. The molecule has 1 aromatic rings. The van der Waals surface area contributed by atoms with Crippen molar-refractivity contribution in [1.82, 2.24) is 4.98 Å². The summed E-state index contributed by atoms with van der Waals surface area (Å²) in [7, 11) is 0. The fraction of sp³-hybridized carbons (Fsp3) is 0.278. The molecule has 3 rings (SSSR count). The highest BCUT2D eigenvalue weighted by Gasteiger charge is 2.15. The highest BCUT2D eigenvalue weighted by Crippen LogP contribution is 2.31. The van der Waals surface area contributed by atoms with Crippen molar-refractivity contribution < 1.29 is 5.11 Å². The van der Waals surface area contributed by atoms with Gasteiger partial charge in [0.2, 0.25) is 0 Å². The molecule has 2 aliphatic carbocycles. The molecule has 2 atom stereocenters. The molecule has 0 radical (unpaired) electrons. The van der Waals surface area contributed by atoms with Gasteiger partial charge in [-0.25, -0.2) is 4.98 Å². The molecule has 2 nitrogen and oxygen atoms in total. The molecule has 1 heterocycles. The molecule has 21 heavy (non-hydrogen) atoms. The third-order valence-corrected chi connectivity index (χ3v) is 4.65. The summed E-state index contributed by atoms with van der Waals surface area (Å²) in [5, 5.41) is 11.1. The van der Waals surface area contributed by atoms with Crippen LogP contribution in [0.1, 0.15) is 35.8 Å². The number of rotatable bonds is 1. The molecule has 1 aromatic heterocycles. The van der Waals surface area contributed by atoms with Gasteiger partial charge in [0.15, 0.2) is 0 Å². The summed E-state index contributed by atoms with van der Waals surface area (Å²) in [6, 6.07) is 0. The lowest BCUT2D eigenvalue weighted by molar-refractivity contribution is 0.164. The Hall–Kier alpha value is -1.71. The number of hydrogen-bond donors (Lipinski definition) is 1. The maximum absolute atomic E-state index is 10.1. The van der Waals surface area contributed by atoms with E-state index in [2.05, 4.69) is 37.3 Å². The van der Waals surface area contributed by atoms with Gasteiger partial charge in [0.1, 0.15) is 5.01 Å². The lowest BCUT2D eigenvalue weighted by Crippen LogP contribution is -2.16. The van der Waals surface area contributed by atoms with E-state index in [1.54, 1.807) is 18.3 Å². The number of allylic oxidation sites excluding steroid dienone is 6. The van der Waals surface area contributed by atoms with Crippen LogP contribution in [0.4, 0.5) is 0 Å². The van der Waals surface area contributed by atoms with E-state index in [1.165, 1.54) is 4.88 Å². The summed E-state index contributed by atoms with van der Waals surface area (Å²) in [6.45, 7) is 3.95. The minimum Gasteiger partial charge on any atom is -0.382 e. The summed E-state index contributed by atoms with van der Waals surface area (Å²) in [5.74, 6) is 0.454. The quantitative estimate of drug-likeness (QED) is 0.776. The standard InChI is InChI=1S/C18H19NOS/c1-13-6-8-15-16(9-7-13)21-17(19-15)14-5-3-4-11-18(2,20)12-10-14/h4-13,20H,3H2,1-2H3/b11-4-,12-10-,14-5+. The Balaban J connectivity index is 1.96. The second-order valence-electron chi connectivity index (χ2n) is 5.70. The first-order valence-corrected chi connectivity index (χ1v) is 8.02. The minimum absolute atomic E-state index is 0.454. The van der Waals surface area contributed by atoms with Gasteiger partial charge in [-0.3, -0.25) is 0 Å². The molecule has 0 saturated heterocycles. The third-order valence-electron chi connectivity index (χ3n) is 3.57. The van der Waals surface area contributed by atoms with Crippen molar-refractivity contribution >= 4 is 29.1 Å². The van der Waals surface area contributed by atoms with Crippen LogP contribution in [0.5, 0.6) is 0 Å². The molecule has 3 heteroatoms. The number of aromatic nitrogens is 1. The second-order valence-corrected chi connectivity index (χ2v) is 6.73. The van der Waals surface area contributed by atoms with Gasteiger partial charge >= 0.3 is 0 Å². The third kappa shape index (κ3) is 3.31. The summed E-state index contributed by atoms with van der Waals surface area (Å²) >= 11 is 1.70. The highest BCUT2D eigenvalue weighted by atomic mass is 32.1. The summed E-state index contributed by atoms with van der Waals surface area (Å²) in [4.78, 5) is 5.94. The Bertz CT molecular complexity index is 655. The predicted molar refractivity (Wildman–Crippen MR) is 90.8 cm³/mol. The first-order chi connectivity index (χ1) is 10.0. The van der Waals surface area contributed by atoms with E-state index in [1.807, 2.05) is 24.3 Å². The Morgan fingerprint density at radius 2 is 2.05 bits per heavy atom. The van der Waals surface area contributed by atoms with Crippen LogP contribution in [0.2, 0.25) is 0 Å². The Labute approximate surface area is 129 Å². The zero-order valence-electron chi connectivity index (χ0n) is 12.3. The molecule has 1 N–H and O–H groups in total. The van der Waals surface area contributed by atoms with E-state index < -0.39 is 5.60 Å². The number of thiazole rings is 1. The van der Waals surface area contributed by atoms with E-state index in [-0.39, 0.29) is 0 Å². The van der Waals surface area contributed by atoms with Crippen LogP contribution in [0.15, 0.2) is 42.5 Å². The molecule has 0 spiro atoms. The molecule has 0 aliphatic heterocycles. The molecule has 0 amide bonds. The molecule has 2 unspecified atom stereocenters. The average molecular weight is 297 g/mol. The molecule has 0 bridgehead atoms. The topological polar surface area (TPSA) is 33.1 Å². The highest BCUT2D eigenvalue weighted by molar-refractivity contribution is 7.13. The van der Waals surface area contributed by atoms with E-state index in [4.69, 9.17) is 4.98 Å². The van der Waals surface area contributed by atoms with Gasteiger partial charge in [-0.05, 0) is 37.5 Å². The van der Waals surface area contributed by atoms with Gasteiger partial charge in [-0.15, -0.1) is 11.3 Å². The van der Waals surface area contributed by atoms with Gasteiger partial charge in [0.05, 0.1) is 16.2 Å². The maximum Gasteiger partial charge on any atom is 0.124 e. The van der Waals surface area contributed by atoms with Gasteiger partial charge in [0, 0.05) is 5.57 Å². The molecular weight excluding hydrogens is 278 g/mol. The van der Waals surface area contributed by atoms with Crippen molar-refractivity contribution in [3.8, 4) is 0 Å². The molecule has 108 valence electrons. The van der Waals surface area contributed by atoms with Gasteiger partial charge < -0.3 is 5.11 Å². The van der Waals surface area contributed by atoms with Crippen molar-refractivity contribution in [2.75, 3.05) is 0 Å². The largest absolute Gasteiger partial charge is 0.382 e. The van der Waals surface area contributed by atoms with Crippen LogP contribution in [0, 0.1) is 5.92 Å². The normalized spacial score (nSPS) is 33.3. The van der Waals surface area contributed by atoms with E-state index >= 15 is 0 Å². The summed E-state index contributed by atoms with van der Waals surface area (Å²) < 4.78 is 0. The van der Waals surface area contributed by atoms with Crippen LogP contribution in [0.25, 0.3) is 17.7 Å². The molecule has 0 saturated carbocycles. The first-order valence-electron chi connectivity index (χ1n) is 7.20. The van der Waals surface area contributed by atoms with Gasteiger partial charge in [-0.1, -0.05) is 43.4 Å². The van der Waals surface area contributed by atoms with Crippen molar-refractivity contribution in [1.29, 1.82) is 0 Å². The van der Waals surface area contributed by atoms with Gasteiger partial charge in [0.25, 0.3) is 0 Å². The van der Waals surface area contributed by atoms with Crippen molar-refractivity contribution in [2.24, 2.45) is 5.92 Å². The van der Waals surface area contributed by atoms with Crippen molar-refractivity contribution in [3.63, 3.8) is 0 Å². The number of nitrogens with zero attached hydrogens (tertiary/aromatic N) is 1. The molecular formula is C18H19NOS. The van der Waals surface area contributed by atoms with Crippen LogP contribution in [-0.2, 0) is 0 Å². The fourth-order valence-corrected chi connectivity index (χ4v) is 3.28. The van der Waals surface area contributed by atoms with E-state index in [0.717, 1.165) is 22.7 Å². The minimum atomic E-state index is -0.886. The Morgan fingerprint density at radius 3 is 2.90 bits per heavy atom. The zero-order chi connectivity index (χ0) is 14.9. The number of fused-ring (bicyclic) bond motifs is 1. The molecule has 2 aliphatic rings. The molecule has 0 fully saturated rings. The maximum atomic E-state index is 10.1. The zero-order valence-corrected chi connectivity index (χ0v) is 13.1. The lowest BCUT2D eigenvalue weighted by Gasteiger charge is -2.14.